The van der Waals surface area contributed by atoms with E-state index in [0.29, 0.717) is 44.0 Å². The summed E-state index contributed by atoms with van der Waals surface area (Å²) in [6.45, 7) is 3.89. The van der Waals surface area contributed by atoms with Crippen molar-refractivity contribution in [1.29, 1.82) is 0 Å². The van der Waals surface area contributed by atoms with E-state index < -0.39 is 17.3 Å². The first-order chi connectivity index (χ1) is 22.6. The Kier molecular flexibility index (Phi) is 13.2. The molecule has 0 radical (unpaired) electrons. The highest BCUT2D eigenvalue weighted by molar-refractivity contribution is 6.32. The van der Waals surface area contributed by atoms with Crippen LogP contribution in [0.2, 0.25) is 5.02 Å². The lowest BCUT2D eigenvalue weighted by Crippen LogP contribution is -2.45. The van der Waals surface area contributed by atoms with Crippen molar-refractivity contribution in [1.82, 2.24) is 10.2 Å². The number of amides is 1. The SMILES string of the molecule is CC(c1ccccc1)(c1ccccc1)N(CCCOc1cccc(CC(=O)NCCOCCO)c1)Cc1cccc(C(F)(F)F)c1Cl. The summed E-state index contributed by atoms with van der Waals surface area (Å²) in [7, 11) is 0. The number of halogens is 4. The summed E-state index contributed by atoms with van der Waals surface area (Å²) in [6.07, 6.45) is -3.84. The smallest absolute Gasteiger partial charge is 0.417 e. The van der Waals surface area contributed by atoms with Gasteiger partial charge in [-0.2, -0.15) is 13.2 Å². The number of carbonyl (C=O) groups is 1. The van der Waals surface area contributed by atoms with Gasteiger partial charge in [0.05, 0.1) is 49.0 Å². The van der Waals surface area contributed by atoms with Crippen molar-refractivity contribution >= 4 is 17.5 Å². The molecule has 0 bridgehead atoms. The van der Waals surface area contributed by atoms with E-state index in [1.54, 1.807) is 6.07 Å². The van der Waals surface area contributed by atoms with E-state index in [2.05, 4.69) is 17.1 Å². The number of benzene rings is 4. The largest absolute Gasteiger partial charge is 0.494 e. The van der Waals surface area contributed by atoms with Gasteiger partial charge in [0.25, 0.3) is 0 Å². The summed E-state index contributed by atoms with van der Waals surface area (Å²) in [4.78, 5) is 14.5. The Hall–Kier alpha value is -3.89. The molecule has 0 atom stereocenters. The molecule has 250 valence electrons. The van der Waals surface area contributed by atoms with Crippen molar-refractivity contribution in [3.63, 3.8) is 0 Å². The van der Waals surface area contributed by atoms with Gasteiger partial charge in [-0.1, -0.05) is 96.5 Å². The van der Waals surface area contributed by atoms with Crippen molar-refractivity contribution in [2.24, 2.45) is 0 Å². The number of rotatable bonds is 17. The minimum atomic E-state index is -4.57. The summed E-state index contributed by atoms with van der Waals surface area (Å²) >= 11 is 6.40. The Morgan fingerprint density at radius 1 is 0.872 bits per heavy atom. The molecular weight excluding hydrogens is 629 g/mol. The summed E-state index contributed by atoms with van der Waals surface area (Å²) in [5.41, 5.74) is 1.58. The normalized spacial score (nSPS) is 11.9. The molecule has 10 heteroatoms. The van der Waals surface area contributed by atoms with Gasteiger partial charge < -0.3 is 19.9 Å². The highest BCUT2D eigenvalue weighted by Gasteiger charge is 2.37. The quantitative estimate of drug-likeness (QED) is 0.116. The van der Waals surface area contributed by atoms with Crippen LogP contribution in [0.25, 0.3) is 0 Å². The average Bonchev–Trinajstić information content (AvgIpc) is 3.07. The Labute approximate surface area is 279 Å². The number of carbonyl (C=O) groups excluding carboxylic acids is 1. The highest BCUT2D eigenvalue weighted by Crippen LogP contribution is 2.40. The van der Waals surface area contributed by atoms with Crippen LogP contribution in [-0.4, -0.2) is 55.4 Å². The fourth-order valence-corrected chi connectivity index (χ4v) is 5.81. The molecular formula is C37H40ClF3N2O4. The predicted molar refractivity (Wildman–Crippen MR) is 177 cm³/mol. The maximum Gasteiger partial charge on any atom is 0.417 e. The van der Waals surface area contributed by atoms with Gasteiger partial charge in [-0.25, -0.2) is 0 Å². The van der Waals surface area contributed by atoms with Crippen LogP contribution in [0.5, 0.6) is 5.75 Å². The van der Waals surface area contributed by atoms with E-state index in [4.69, 9.17) is 26.2 Å². The van der Waals surface area contributed by atoms with Crippen LogP contribution in [-0.2, 0) is 34.2 Å². The molecule has 0 aliphatic rings. The molecule has 4 aromatic carbocycles. The third kappa shape index (κ3) is 10.0. The molecule has 2 N–H and O–H groups in total. The van der Waals surface area contributed by atoms with Gasteiger partial charge in [0.1, 0.15) is 5.75 Å². The van der Waals surface area contributed by atoms with Gasteiger partial charge in [-0.3, -0.25) is 9.69 Å². The first kappa shape index (κ1) is 36.0. The minimum absolute atomic E-state index is 0.0671. The number of ether oxygens (including phenoxy) is 2. The molecule has 0 spiro atoms. The number of alkyl halides is 3. The molecule has 0 unspecified atom stereocenters. The Morgan fingerprint density at radius 3 is 2.17 bits per heavy atom. The monoisotopic (exact) mass is 668 g/mol. The number of nitrogens with zero attached hydrogens (tertiary/aromatic N) is 1. The number of aliphatic hydroxyl groups is 1. The molecule has 4 rings (SSSR count). The van der Waals surface area contributed by atoms with Gasteiger partial charge in [-0.05, 0) is 53.8 Å². The number of hydrogen-bond acceptors (Lipinski definition) is 5. The maximum absolute atomic E-state index is 13.8. The van der Waals surface area contributed by atoms with Crippen LogP contribution in [0.1, 0.15) is 41.2 Å². The minimum Gasteiger partial charge on any atom is -0.494 e. The second-order valence-corrected chi connectivity index (χ2v) is 11.6. The topological polar surface area (TPSA) is 71.0 Å². The van der Waals surface area contributed by atoms with E-state index in [1.807, 2.05) is 84.9 Å². The number of aliphatic hydroxyl groups excluding tert-OH is 1. The van der Waals surface area contributed by atoms with Crippen LogP contribution in [0.3, 0.4) is 0 Å². The van der Waals surface area contributed by atoms with Crippen LogP contribution >= 0.6 is 11.6 Å². The van der Waals surface area contributed by atoms with E-state index in [0.717, 1.165) is 22.8 Å². The van der Waals surface area contributed by atoms with E-state index in [9.17, 15) is 18.0 Å². The van der Waals surface area contributed by atoms with Crippen LogP contribution in [0.15, 0.2) is 103 Å². The van der Waals surface area contributed by atoms with Crippen molar-refractivity contribution in [3.05, 3.63) is 136 Å². The first-order valence-corrected chi connectivity index (χ1v) is 15.9. The van der Waals surface area contributed by atoms with Crippen molar-refractivity contribution in [3.8, 4) is 5.75 Å². The van der Waals surface area contributed by atoms with Crippen LogP contribution < -0.4 is 10.1 Å². The number of nitrogens with one attached hydrogen (secondary N) is 1. The van der Waals surface area contributed by atoms with Crippen molar-refractivity contribution < 1.29 is 32.5 Å². The molecule has 0 heterocycles. The third-order valence-corrected chi connectivity index (χ3v) is 8.40. The summed E-state index contributed by atoms with van der Waals surface area (Å²) in [5.74, 6) is 0.461. The van der Waals surface area contributed by atoms with E-state index in [1.165, 1.54) is 6.07 Å². The molecule has 0 saturated carbocycles. The summed E-state index contributed by atoms with van der Waals surface area (Å²) < 4.78 is 52.6. The molecule has 0 saturated heterocycles. The Bertz CT molecular complexity index is 1510. The molecule has 4 aromatic rings. The second-order valence-electron chi connectivity index (χ2n) is 11.2. The zero-order valence-electron chi connectivity index (χ0n) is 26.3. The predicted octanol–water partition coefficient (Wildman–Crippen LogP) is 7.26. The Morgan fingerprint density at radius 2 is 1.53 bits per heavy atom. The molecule has 1 amide bonds. The fraction of sp³-hybridized carbons (Fsp3) is 0.324. The Balaban J connectivity index is 1.51. The van der Waals surface area contributed by atoms with Gasteiger partial charge >= 0.3 is 6.18 Å². The molecule has 0 aromatic heterocycles. The molecule has 47 heavy (non-hydrogen) atoms. The molecule has 0 aliphatic heterocycles. The average molecular weight is 669 g/mol. The lowest BCUT2D eigenvalue weighted by atomic mass is 9.82. The molecule has 0 aliphatic carbocycles. The van der Waals surface area contributed by atoms with Gasteiger partial charge in [0.2, 0.25) is 5.91 Å². The second kappa shape index (κ2) is 17.3. The van der Waals surface area contributed by atoms with Gasteiger partial charge in [0, 0.05) is 19.6 Å². The third-order valence-electron chi connectivity index (χ3n) is 7.96. The van der Waals surface area contributed by atoms with Crippen LogP contribution in [0, 0.1) is 0 Å². The van der Waals surface area contributed by atoms with E-state index >= 15 is 0 Å². The van der Waals surface area contributed by atoms with Crippen molar-refractivity contribution in [2.45, 2.75) is 38.0 Å². The van der Waals surface area contributed by atoms with Gasteiger partial charge in [-0.15, -0.1) is 0 Å². The zero-order chi connectivity index (χ0) is 33.7. The maximum atomic E-state index is 13.8. The van der Waals surface area contributed by atoms with Gasteiger partial charge in [0.15, 0.2) is 0 Å². The van der Waals surface area contributed by atoms with E-state index in [-0.39, 0.29) is 37.1 Å². The molecule has 6 nitrogen and oxygen atoms in total. The number of hydrogen-bond donors (Lipinski definition) is 2. The highest BCUT2D eigenvalue weighted by atomic mass is 35.5. The summed E-state index contributed by atoms with van der Waals surface area (Å²) in [5, 5.41) is 11.3. The summed E-state index contributed by atoms with van der Waals surface area (Å²) in [6, 6.07) is 31.1. The zero-order valence-corrected chi connectivity index (χ0v) is 27.1. The first-order valence-electron chi connectivity index (χ1n) is 15.5. The molecule has 0 fully saturated rings. The lowest BCUT2D eigenvalue weighted by molar-refractivity contribution is -0.137. The standard InChI is InChI=1S/C37H40ClF3N2O4/c1-36(30-13-4-2-5-14-30,31-15-6-3-7-16-31)43(27-29-12-9-18-33(35(29)38)37(39,40)41)20-10-22-47-32-17-8-11-28(25-32)26-34(45)42-19-23-46-24-21-44/h2-9,11-18,25,44H,10,19-24,26-27H2,1H3,(H,42,45). The van der Waals surface area contributed by atoms with Crippen LogP contribution in [0.4, 0.5) is 13.2 Å². The lowest BCUT2D eigenvalue weighted by Gasteiger charge is -2.43. The fourth-order valence-electron chi connectivity index (χ4n) is 5.51. The van der Waals surface area contributed by atoms with Crippen molar-refractivity contribution in [2.75, 3.05) is 39.5 Å².